The van der Waals surface area contributed by atoms with E-state index in [0.717, 1.165) is 0 Å². The Morgan fingerprint density at radius 3 is 1.77 bits per heavy atom. The van der Waals surface area contributed by atoms with Crippen molar-refractivity contribution < 1.29 is 0 Å². The van der Waals surface area contributed by atoms with E-state index in [-0.39, 0.29) is 0 Å². The van der Waals surface area contributed by atoms with Gasteiger partial charge in [0.15, 0.2) is 0 Å². The summed E-state index contributed by atoms with van der Waals surface area (Å²) >= 11 is 0. The molecule has 0 saturated heterocycles. The van der Waals surface area contributed by atoms with E-state index in [1.54, 1.807) is 0 Å². The highest BCUT2D eigenvalue weighted by atomic mass is 14.1. The third kappa shape index (κ3) is 19.0. The van der Waals surface area contributed by atoms with Gasteiger partial charge in [-0.1, -0.05) is 61.8 Å². The zero-order valence-electron chi connectivity index (χ0n) is 16.6. The van der Waals surface area contributed by atoms with Crippen molar-refractivity contribution in [1.29, 1.82) is 0 Å². The number of allylic oxidation sites excluding steroid dienone is 7. The second kappa shape index (κ2) is 13.6. The van der Waals surface area contributed by atoms with E-state index in [1.807, 2.05) is 6.08 Å². The molecule has 128 valence electrons. The summed E-state index contributed by atoms with van der Waals surface area (Å²) in [5.74, 6) is 0. The fourth-order valence-corrected chi connectivity index (χ4v) is 1.87. The van der Waals surface area contributed by atoms with Crippen LogP contribution in [-0.4, -0.2) is 0 Å². The standard InChI is InChI=1S/2C11H20/c1-6-11(4,5)9-7-8-10(2)3;1-5-7-11(4)9-6-8-10(2)3/h6,8H,1,7,9H2,2-5H3;7-8H,5-6,9H2,1-4H3/b;11-7+. The molecule has 0 N–H and O–H groups in total. The summed E-state index contributed by atoms with van der Waals surface area (Å²) in [4.78, 5) is 0. The molecule has 0 fully saturated rings. The van der Waals surface area contributed by atoms with Crippen LogP contribution in [0.25, 0.3) is 0 Å². The van der Waals surface area contributed by atoms with E-state index < -0.39 is 0 Å². The molecule has 0 bridgehead atoms. The van der Waals surface area contributed by atoms with Crippen LogP contribution in [0.5, 0.6) is 0 Å². The summed E-state index contributed by atoms with van der Waals surface area (Å²) in [7, 11) is 0. The van der Waals surface area contributed by atoms with E-state index in [4.69, 9.17) is 0 Å². The van der Waals surface area contributed by atoms with Crippen molar-refractivity contribution >= 4 is 0 Å². The van der Waals surface area contributed by atoms with Gasteiger partial charge in [-0.15, -0.1) is 6.58 Å². The summed E-state index contributed by atoms with van der Waals surface area (Å²) in [6.07, 6.45) is 14.9. The van der Waals surface area contributed by atoms with Gasteiger partial charge in [0.05, 0.1) is 0 Å². The molecule has 0 atom stereocenters. The molecule has 0 radical (unpaired) electrons. The van der Waals surface area contributed by atoms with Gasteiger partial charge in [-0.25, -0.2) is 0 Å². The molecule has 0 heteroatoms. The maximum atomic E-state index is 3.81. The Hall–Kier alpha value is -1.04. The molecule has 0 aromatic heterocycles. The summed E-state index contributed by atoms with van der Waals surface area (Å²) in [5.41, 5.74) is 4.65. The average molecular weight is 305 g/mol. The van der Waals surface area contributed by atoms with E-state index in [0.29, 0.717) is 5.41 Å². The monoisotopic (exact) mass is 304 g/mol. The lowest BCUT2D eigenvalue weighted by Crippen LogP contribution is -2.05. The summed E-state index contributed by atoms with van der Waals surface area (Å²) in [5, 5.41) is 0. The SMILES string of the molecule is C=CC(C)(C)CCC=C(C)C.CC/C=C(\C)CCC=C(C)C. The molecule has 0 unspecified atom stereocenters. The molecule has 0 aliphatic rings. The maximum Gasteiger partial charge on any atom is -0.0175 e. The van der Waals surface area contributed by atoms with Gasteiger partial charge >= 0.3 is 0 Å². The van der Waals surface area contributed by atoms with Gasteiger partial charge in [0.25, 0.3) is 0 Å². The Kier molecular flexibility index (Phi) is 14.4. The highest BCUT2D eigenvalue weighted by Crippen LogP contribution is 2.23. The van der Waals surface area contributed by atoms with Crippen LogP contribution in [0.4, 0.5) is 0 Å². The highest BCUT2D eigenvalue weighted by molar-refractivity contribution is 5.01. The smallest absolute Gasteiger partial charge is 0.0175 e. The molecule has 0 aromatic rings. The molecule has 0 aliphatic heterocycles. The van der Waals surface area contributed by atoms with Gasteiger partial charge in [0.1, 0.15) is 0 Å². The van der Waals surface area contributed by atoms with Gasteiger partial charge in [-0.05, 0) is 72.1 Å². The molecule has 0 heterocycles. The molecule has 22 heavy (non-hydrogen) atoms. The first kappa shape index (κ1) is 23.2. The minimum atomic E-state index is 0.298. The van der Waals surface area contributed by atoms with Crippen LogP contribution in [0.1, 0.15) is 87.5 Å². The molecular weight excluding hydrogens is 264 g/mol. The lowest BCUT2D eigenvalue weighted by molar-refractivity contribution is 0.443. The quantitative estimate of drug-likeness (QED) is 0.398. The van der Waals surface area contributed by atoms with Crippen molar-refractivity contribution in [1.82, 2.24) is 0 Å². The summed E-state index contributed by atoms with van der Waals surface area (Å²) in [6.45, 7) is 21.2. The van der Waals surface area contributed by atoms with Gasteiger partial charge < -0.3 is 0 Å². The molecule has 0 nitrogen and oxygen atoms in total. The van der Waals surface area contributed by atoms with Crippen LogP contribution in [-0.2, 0) is 0 Å². The fourth-order valence-electron chi connectivity index (χ4n) is 1.87. The zero-order chi connectivity index (χ0) is 17.6. The van der Waals surface area contributed by atoms with Crippen LogP contribution in [0.3, 0.4) is 0 Å². The Bertz CT molecular complexity index is 367. The van der Waals surface area contributed by atoms with Crippen molar-refractivity contribution in [2.24, 2.45) is 5.41 Å². The molecule has 0 rings (SSSR count). The molecular formula is C22H40. The van der Waals surface area contributed by atoms with E-state index >= 15 is 0 Å². The highest BCUT2D eigenvalue weighted by Gasteiger charge is 2.10. The minimum Gasteiger partial charge on any atom is -0.103 e. The zero-order valence-corrected chi connectivity index (χ0v) is 16.6. The molecule has 0 aliphatic carbocycles. The summed E-state index contributed by atoms with van der Waals surface area (Å²) < 4.78 is 0. The number of hydrogen-bond acceptors (Lipinski definition) is 0. The lowest BCUT2D eigenvalue weighted by atomic mass is 9.88. The fraction of sp³-hybridized carbons (Fsp3) is 0.636. The predicted molar refractivity (Wildman–Crippen MR) is 105 cm³/mol. The largest absolute Gasteiger partial charge is 0.103 e. The van der Waals surface area contributed by atoms with Crippen LogP contribution in [0.15, 0.2) is 47.6 Å². The molecule has 0 spiro atoms. The van der Waals surface area contributed by atoms with Crippen molar-refractivity contribution in [3.63, 3.8) is 0 Å². The van der Waals surface area contributed by atoms with Crippen LogP contribution in [0.2, 0.25) is 0 Å². The Labute approximate surface area is 141 Å². The third-order valence-corrected chi connectivity index (χ3v) is 3.54. The molecule has 0 saturated carbocycles. The Balaban J connectivity index is 0. The first-order valence-corrected chi connectivity index (χ1v) is 8.70. The normalized spacial score (nSPS) is 11.2. The first-order chi connectivity index (χ1) is 10.1. The van der Waals surface area contributed by atoms with Crippen LogP contribution in [0, 0.1) is 5.41 Å². The third-order valence-electron chi connectivity index (χ3n) is 3.54. The first-order valence-electron chi connectivity index (χ1n) is 8.70. The van der Waals surface area contributed by atoms with Crippen molar-refractivity contribution in [3.05, 3.63) is 47.6 Å². The number of hydrogen-bond donors (Lipinski definition) is 0. The Morgan fingerprint density at radius 1 is 0.864 bits per heavy atom. The second-order valence-electron chi connectivity index (χ2n) is 7.29. The molecule has 0 aromatic carbocycles. The topological polar surface area (TPSA) is 0 Å². The predicted octanol–water partition coefficient (Wildman–Crippen LogP) is 8.03. The van der Waals surface area contributed by atoms with Gasteiger partial charge in [0.2, 0.25) is 0 Å². The van der Waals surface area contributed by atoms with Crippen molar-refractivity contribution in [3.8, 4) is 0 Å². The van der Waals surface area contributed by atoms with E-state index in [1.165, 1.54) is 48.8 Å². The van der Waals surface area contributed by atoms with Crippen LogP contribution < -0.4 is 0 Å². The van der Waals surface area contributed by atoms with Gasteiger partial charge in [-0.3, -0.25) is 0 Å². The van der Waals surface area contributed by atoms with Gasteiger partial charge in [-0.2, -0.15) is 0 Å². The minimum absolute atomic E-state index is 0.298. The van der Waals surface area contributed by atoms with E-state index in [2.05, 4.69) is 80.2 Å². The number of rotatable bonds is 8. The average Bonchev–Trinajstić information content (AvgIpc) is 2.38. The summed E-state index contributed by atoms with van der Waals surface area (Å²) in [6, 6.07) is 0. The maximum absolute atomic E-state index is 3.81. The van der Waals surface area contributed by atoms with Crippen LogP contribution >= 0.6 is 0 Å². The van der Waals surface area contributed by atoms with Gasteiger partial charge in [0, 0.05) is 0 Å². The van der Waals surface area contributed by atoms with Crippen molar-refractivity contribution in [2.45, 2.75) is 87.5 Å². The second-order valence-corrected chi connectivity index (χ2v) is 7.29. The van der Waals surface area contributed by atoms with E-state index in [9.17, 15) is 0 Å². The lowest BCUT2D eigenvalue weighted by Gasteiger charge is -2.17. The molecule has 0 amide bonds. The van der Waals surface area contributed by atoms with Crippen molar-refractivity contribution in [2.75, 3.05) is 0 Å². The Morgan fingerprint density at radius 2 is 1.36 bits per heavy atom.